The van der Waals surface area contributed by atoms with Crippen molar-refractivity contribution in [3.8, 4) is 0 Å². The third kappa shape index (κ3) is 7.81. The zero-order valence-corrected chi connectivity index (χ0v) is 28.5. The van der Waals surface area contributed by atoms with Gasteiger partial charge in [0.2, 0.25) is 0 Å². The topological polar surface area (TPSA) is 202 Å². The lowest BCUT2D eigenvalue weighted by Gasteiger charge is -2.60. The summed E-state index contributed by atoms with van der Waals surface area (Å²) in [4.78, 5) is 27.3. The van der Waals surface area contributed by atoms with Crippen molar-refractivity contribution in [1.82, 2.24) is 0 Å². The number of carbonyl (C=O) groups excluding carboxylic acids is 2. The minimum atomic E-state index is -1.11. The van der Waals surface area contributed by atoms with E-state index in [1.54, 1.807) is 6.08 Å². The third-order valence-corrected chi connectivity index (χ3v) is 12.3. The number of allylic oxidation sites excluding steroid dienone is 1. The first kappa shape index (κ1) is 36.8. The van der Waals surface area contributed by atoms with Gasteiger partial charge in [-0.15, -0.1) is 0 Å². The standard InChI is InChI=1S/C35H59N3O9/c1-4-20(16-37-5-2)34(44)46-27-14-25-31(43)30-26(42)13-24(18-40)45-33(30)29(21-7-6-8-23(41)12-21)32(25)47-35(27,3)22(17-39)11-19-9-10-28(36)38-15-19/h4,19,21-25,27-33,37-41,43H,5-18,36H2,1-3H3/p+2. The summed E-state index contributed by atoms with van der Waals surface area (Å²) in [5, 5.41) is 47.9. The van der Waals surface area contributed by atoms with E-state index >= 15 is 0 Å². The van der Waals surface area contributed by atoms with Crippen LogP contribution in [0.15, 0.2) is 11.6 Å². The van der Waals surface area contributed by atoms with Gasteiger partial charge in [0.1, 0.15) is 30.2 Å². The molecule has 12 nitrogen and oxygen atoms in total. The maximum Gasteiger partial charge on any atom is 0.339 e. The van der Waals surface area contributed by atoms with Crippen LogP contribution in [0, 0.1) is 35.5 Å². The van der Waals surface area contributed by atoms with Gasteiger partial charge in [0, 0.05) is 43.1 Å². The predicted molar refractivity (Wildman–Crippen MR) is 171 cm³/mol. The quantitative estimate of drug-likeness (QED) is 0.103. The SMILES string of the molecule is CC=C(C[NH2+]CC)C(=O)OC1CC2C(O)C3C(=O)CC(CO)OC3C(C3CCCC(O)C3)C2OC1(C)C(CO)CC1CCC(N)[NH2+]C1. The second kappa shape index (κ2) is 16.0. The number of rotatable bonds is 11. The van der Waals surface area contributed by atoms with Crippen LogP contribution in [0.5, 0.6) is 0 Å². The summed E-state index contributed by atoms with van der Waals surface area (Å²) in [5.74, 6) is -2.35. The van der Waals surface area contributed by atoms with Crippen LogP contribution in [0.3, 0.4) is 0 Å². The van der Waals surface area contributed by atoms with E-state index < -0.39 is 60.0 Å². The van der Waals surface area contributed by atoms with E-state index in [-0.39, 0.29) is 55.8 Å². The van der Waals surface area contributed by atoms with Crippen molar-refractivity contribution in [2.75, 3.05) is 32.8 Å². The van der Waals surface area contributed by atoms with Crippen molar-refractivity contribution < 1.29 is 54.9 Å². The fourth-order valence-electron chi connectivity index (χ4n) is 9.52. The van der Waals surface area contributed by atoms with Crippen molar-refractivity contribution >= 4 is 11.8 Å². The maximum absolute atomic E-state index is 13.7. The van der Waals surface area contributed by atoms with Crippen molar-refractivity contribution in [3.05, 3.63) is 11.6 Å². The number of esters is 1. The second-order valence-electron chi connectivity index (χ2n) is 15.2. The zero-order valence-electron chi connectivity index (χ0n) is 28.5. The van der Waals surface area contributed by atoms with Crippen LogP contribution < -0.4 is 16.4 Å². The minimum absolute atomic E-state index is 0.0242. The number of nitrogens with two attached hydrogens (primary N) is 3. The van der Waals surface area contributed by atoms with Gasteiger partial charge >= 0.3 is 5.97 Å². The lowest BCUT2D eigenvalue weighted by atomic mass is 9.57. The van der Waals surface area contributed by atoms with Gasteiger partial charge in [-0.2, -0.15) is 0 Å². The normalized spacial score (nSPS) is 43.5. The van der Waals surface area contributed by atoms with Crippen LogP contribution in [0.2, 0.25) is 0 Å². The number of piperidine rings is 1. The Morgan fingerprint density at radius 2 is 1.98 bits per heavy atom. The Balaban J connectivity index is 1.52. The molecule has 10 N–H and O–H groups in total. The molecule has 0 aromatic carbocycles. The van der Waals surface area contributed by atoms with E-state index in [1.807, 2.05) is 26.1 Å². The molecule has 2 saturated carbocycles. The van der Waals surface area contributed by atoms with Crippen LogP contribution in [0.25, 0.3) is 0 Å². The van der Waals surface area contributed by atoms with Crippen LogP contribution in [0.1, 0.15) is 78.6 Å². The minimum Gasteiger partial charge on any atom is -0.456 e. The molecule has 0 aromatic heterocycles. The van der Waals surface area contributed by atoms with Crippen LogP contribution in [-0.4, -0.2) is 113 Å². The number of Topliss-reactive ketones (excluding diaryl/α,β-unsaturated/α-hetero) is 1. The Morgan fingerprint density at radius 1 is 1.19 bits per heavy atom. The average molecular weight is 668 g/mol. The van der Waals surface area contributed by atoms with Gasteiger partial charge in [-0.05, 0) is 65.2 Å². The highest BCUT2D eigenvalue weighted by Gasteiger charge is 2.64. The number of quaternary nitrogens is 2. The van der Waals surface area contributed by atoms with Gasteiger partial charge < -0.3 is 45.3 Å². The van der Waals surface area contributed by atoms with E-state index in [1.165, 1.54) is 0 Å². The first-order valence-electron chi connectivity index (χ1n) is 18.2. The molecule has 3 saturated heterocycles. The highest BCUT2D eigenvalue weighted by Crippen LogP contribution is 2.54. The largest absolute Gasteiger partial charge is 0.456 e. The van der Waals surface area contributed by atoms with Crippen LogP contribution in [0.4, 0.5) is 0 Å². The number of aliphatic hydroxyl groups is 4. The number of ether oxygens (including phenoxy) is 3. The lowest BCUT2D eigenvalue weighted by molar-refractivity contribution is -0.703. The molecule has 0 radical (unpaired) electrons. The number of fused-ring (bicyclic) bond motifs is 2. The Kier molecular flexibility index (Phi) is 12.6. The molecule has 0 amide bonds. The fraction of sp³-hybridized carbons (Fsp3) is 0.886. The van der Waals surface area contributed by atoms with Crippen molar-refractivity contribution in [3.63, 3.8) is 0 Å². The number of hydrogen-bond donors (Lipinski definition) is 7. The van der Waals surface area contributed by atoms with Gasteiger partial charge in [0.05, 0.1) is 61.7 Å². The molecule has 3 aliphatic heterocycles. The summed E-state index contributed by atoms with van der Waals surface area (Å²) in [6, 6.07) is 0. The number of likely N-dealkylation sites (N-methyl/N-ethyl adjacent to an activating group) is 1. The molecule has 47 heavy (non-hydrogen) atoms. The second-order valence-corrected chi connectivity index (χ2v) is 15.2. The number of aliphatic hydroxyl groups excluding tert-OH is 4. The molecule has 0 spiro atoms. The molecule has 2 aliphatic carbocycles. The average Bonchev–Trinajstić information content (AvgIpc) is 3.05. The molecule has 5 rings (SSSR count). The van der Waals surface area contributed by atoms with E-state index in [2.05, 4.69) is 5.32 Å². The first-order valence-corrected chi connectivity index (χ1v) is 18.2. The maximum atomic E-state index is 13.7. The van der Waals surface area contributed by atoms with Crippen molar-refractivity contribution in [2.24, 2.45) is 41.2 Å². The Hall–Kier alpha value is -1.48. The first-order chi connectivity index (χ1) is 22.5. The van der Waals surface area contributed by atoms with E-state index in [4.69, 9.17) is 19.9 Å². The molecule has 12 heteroatoms. The summed E-state index contributed by atoms with van der Waals surface area (Å²) in [7, 11) is 0. The molecule has 268 valence electrons. The lowest BCUT2D eigenvalue weighted by Crippen LogP contribution is -2.95. The predicted octanol–water partition coefficient (Wildman–Crippen LogP) is -1.27. The van der Waals surface area contributed by atoms with E-state index in [0.717, 1.165) is 38.8 Å². The Bertz CT molecular complexity index is 1100. The highest BCUT2D eigenvalue weighted by molar-refractivity contribution is 5.88. The van der Waals surface area contributed by atoms with Gasteiger partial charge in [0.25, 0.3) is 0 Å². The summed E-state index contributed by atoms with van der Waals surface area (Å²) in [6.07, 6.45) is 3.23. The zero-order chi connectivity index (χ0) is 33.9. The molecule has 5 aliphatic rings. The summed E-state index contributed by atoms with van der Waals surface area (Å²) < 4.78 is 20.0. The van der Waals surface area contributed by atoms with Gasteiger partial charge in [0.15, 0.2) is 0 Å². The van der Waals surface area contributed by atoms with E-state index in [0.29, 0.717) is 37.3 Å². The molecule has 3 heterocycles. The fourth-order valence-corrected chi connectivity index (χ4v) is 9.52. The molecular weight excluding hydrogens is 606 g/mol. The molecule has 0 bridgehead atoms. The van der Waals surface area contributed by atoms with Gasteiger partial charge in [-0.25, -0.2) is 4.79 Å². The Labute approximate surface area is 279 Å². The monoisotopic (exact) mass is 667 g/mol. The summed E-state index contributed by atoms with van der Waals surface area (Å²) in [6.45, 7) is 7.42. The van der Waals surface area contributed by atoms with Crippen molar-refractivity contribution in [1.29, 1.82) is 0 Å². The summed E-state index contributed by atoms with van der Waals surface area (Å²) in [5.41, 5.74) is 5.59. The Morgan fingerprint density at radius 3 is 2.62 bits per heavy atom. The molecule has 5 fully saturated rings. The number of ketones is 1. The van der Waals surface area contributed by atoms with Crippen LogP contribution >= 0.6 is 0 Å². The molecular formula is C35H61N3O9+2. The van der Waals surface area contributed by atoms with Crippen molar-refractivity contribution in [2.45, 2.75) is 127 Å². The third-order valence-electron chi connectivity index (χ3n) is 12.3. The number of carbonyl (C=O) groups is 2. The van der Waals surface area contributed by atoms with Gasteiger partial charge in [-0.3, -0.25) is 10.5 Å². The highest BCUT2D eigenvalue weighted by atomic mass is 16.6. The molecule has 14 atom stereocenters. The van der Waals surface area contributed by atoms with E-state index in [9.17, 15) is 30.0 Å². The smallest absolute Gasteiger partial charge is 0.339 e. The summed E-state index contributed by atoms with van der Waals surface area (Å²) >= 11 is 0. The molecule has 14 unspecified atom stereocenters. The molecule has 0 aromatic rings. The van der Waals surface area contributed by atoms with Crippen LogP contribution in [-0.2, 0) is 23.8 Å². The van der Waals surface area contributed by atoms with Gasteiger partial charge in [-0.1, -0.05) is 12.5 Å². The number of hydrogen-bond acceptors (Lipinski definition) is 10.